The molecule has 2 N–H and O–H groups in total. The molecule has 0 fully saturated rings. The van der Waals surface area contributed by atoms with Crippen molar-refractivity contribution in [3.63, 3.8) is 0 Å². The summed E-state index contributed by atoms with van der Waals surface area (Å²) in [5.74, 6) is 0.613. The normalized spacial score (nSPS) is 10.1. The van der Waals surface area contributed by atoms with Gasteiger partial charge in [0.2, 0.25) is 0 Å². The van der Waals surface area contributed by atoms with Crippen LogP contribution >= 0.6 is 0 Å². The summed E-state index contributed by atoms with van der Waals surface area (Å²) in [6.45, 7) is 0. The molecular formula is C23H22N2O5. The number of benzene rings is 3. The summed E-state index contributed by atoms with van der Waals surface area (Å²) < 4.78 is 15.7. The van der Waals surface area contributed by atoms with E-state index in [0.29, 0.717) is 34.2 Å². The van der Waals surface area contributed by atoms with Crippen LogP contribution in [-0.2, 0) is 0 Å². The number of carbonyl (C=O) groups excluding carboxylic acids is 2. The fourth-order valence-electron chi connectivity index (χ4n) is 2.92. The zero-order valence-corrected chi connectivity index (χ0v) is 16.9. The van der Waals surface area contributed by atoms with Crippen LogP contribution < -0.4 is 24.8 Å². The third-order valence-electron chi connectivity index (χ3n) is 4.42. The van der Waals surface area contributed by atoms with Gasteiger partial charge in [0, 0.05) is 5.69 Å². The maximum atomic E-state index is 13.0. The first-order valence-electron chi connectivity index (χ1n) is 9.14. The zero-order valence-electron chi connectivity index (χ0n) is 16.9. The SMILES string of the molecule is COc1ccc(NC(=O)c2ccccc2NC(=O)c2c(OC)cccc2OC)cc1. The standard InChI is InChI=1S/C23H22N2O5/c1-28-16-13-11-15(12-14-16)24-22(26)17-7-4-5-8-18(17)25-23(27)21-19(29-2)9-6-10-20(21)30-3/h4-14H,1-3H3,(H,24,26)(H,25,27). The van der Waals surface area contributed by atoms with E-state index in [1.54, 1.807) is 73.8 Å². The molecule has 0 aliphatic carbocycles. The number of para-hydroxylation sites is 1. The average molecular weight is 406 g/mol. The van der Waals surface area contributed by atoms with Crippen molar-refractivity contribution in [2.24, 2.45) is 0 Å². The average Bonchev–Trinajstić information content (AvgIpc) is 2.79. The predicted molar refractivity (Wildman–Crippen MR) is 115 cm³/mol. The monoisotopic (exact) mass is 406 g/mol. The molecule has 7 nitrogen and oxygen atoms in total. The van der Waals surface area contributed by atoms with Gasteiger partial charge in [0.05, 0.1) is 32.6 Å². The molecule has 30 heavy (non-hydrogen) atoms. The number of amides is 2. The molecule has 0 spiro atoms. The van der Waals surface area contributed by atoms with Crippen molar-refractivity contribution in [2.45, 2.75) is 0 Å². The number of methoxy groups -OCH3 is 3. The molecule has 0 aliphatic rings. The van der Waals surface area contributed by atoms with Gasteiger partial charge < -0.3 is 24.8 Å². The maximum absolute atomic E-state index is 13.0. The largest absolute Gasteiger partial charge is 0.497 e. The number of hydrogen-bond acceptors (Lipinski definition) is 5. The Bertz CT molecular complexity index is 1030. The molecule has 3 rings (SSSR count). The lowest BCUT2D eigenvalue weighted by atomic mass is 10.1. The van der Waals surface area contributed by atoms with Gasteiger partial charge in [0.1, 0.15) is 22.8 Å². The topological polar surface area (TPSA) is 85.9 Å². The van der Waals surface area contributed by atoms with Crippen LogP contribution in [0.1, 0.15) is 20.7 Å². The van der Waals surface area contributed by atoms with E-state index >= 15 is 0 Å². The van der Waals surface area contributed by atoms with Crippen LogP contribution in [0, 0.1) is 0 Å². The van der Waals surface area contributed by atoms with Crippen molar-refractivity contribution in [3.8, 4) is 17.2 Å². The highest BCUT2D eigenvalue weighted by molar-refractivity contribution is 6.14. The molecule has 0 aliphatic heterocycles. The van der Waals surface area contributed by atoms with Crippen molar-refractivity contribution in [1.82, 2.24) is 0 Å². The molecule has 7 heteroatoms. The molecule has 3 aromatic carbocycles. The van der Waals surface area contributed by atoms with E-state index in [-0.39, 0.29) is 11.5 Å². The predicted octanol–water partition coefficient (Wildman–Crippen LogP) is 4.22. The summed E-state index contributed by atoms with van der Waals surface area (Å²) in [5, 5.41) is 5.59. The first-order chi connectivity index (χ1) is 14.6. The van der Waals surface area contributed by atoms with Crippen LogP contribution in [0.2, 0.25) is 0 Å². The van der Waals surface area contributed by atoms with Crippen LogP contribution in [0.3, 0.4) is 0 Å². The molecule has 0 heterocycles. The Labute approximate surface area is 174 Å². The molecule has 2 amide bonds. The van der Waals surface area contributed by atoms with Crippen LogP contribution in [0.4, 0.5) is 11.4 Å². The van der Waals surface area contributed by atoms with Crippen molar-refractivity contribution < 1.29 is 23.8 Å². The lowest BCUT2D eigenvalue weighted by molar-refractivity contribution is 0.102. The Morgan fingerprint density at radius 3 is 1.90 bits per heavy atom. The summed E-state index contributed by atoms with van der Waals surface area (Å²) in [7, 11) is 4.52. The van der Waals surface area contributed by atoms with E-state index in [1.165, 1.54) is 14.2 Å². The first-order valence-corrected chi connectivity index (χ1v) is 9.14. The Hall–Kier alpha value is -4.00. The smallest absolute Gasteiger partial charge is 0.263 e. The van der Waals surface area contributed by atoms with Crippen LogP contribution in [0.15, 0.2) is 66.7 Å². The summed E-state index contributed by atoms with van der Waals surface area (Å²) in [6, 6.07) is 18.8. The third-order valence-corrected chi connectivity index (χ3v) is 4.42. The Morgan fingerprint density at radius 1 is 0.667 bits per heavy atom. The number of nitrogens with one attached hydrogen (secondary N) is 2. The van der Waals surface area contributed by atoms with Gasteiger partial charge in [-0.1, -0.05) is 18.2 Å². The molecule has 0 atom stereocenters. The van der Waals surface area contributed by atoms with Crippen molar-refractivity contribution in [1.29, 1.82) is 0 Å². The summed E-state index contributed by atoms with van der Waals surface area (Å²) >= 11 is 0. The van der Waals surface area contributed by atoms with E-state index in [2.05, 4.69) is 10.6 Å². The minimum atomic E-state index is -0.450. The number of ether oxygens (including phenoxy) is 3. The van der Waals surface area contributed by atoms with Gasteiger partial charge in [-0.3, -0.25) is 9.59 Å². The second-order valence-corrected chi connectivity index (χ2v) is 6.22. The molecule has 0 saturated heterocycles. The summed E-state index contributed by atoms with van der Waals surface area (Å²) in [4.78, 5) is 25.8. The van der Waals surface area contributed by atoms with Gasteiger partial charge in [-0.15, -0.1) is 0 Å². The number of hydrogen-bond donors (Lipinski definition) is 2. The van der Waals surface area contributed by atoms with Gasteiger partial charge in [0.15, 0.2) is 0 Å². The van der Waals surface area contributed by atoms with Crippen molar-refractivity contribution >= 4 is 23.2 Å². The van der Waals surface area contributed by atoms with Crippen LogP contribution in [0.5, 0.6) is 17.2 Å². The highest BCUT2D eigenvalue weighted by Crippen LogP contribution is 2.29. The Morgan fingerprint density at radius 2 is 1.30 bits per heavy atom. The second-order valence-electron chi connectivity index (χ2n) is 6.22. The molecule has 0 unspecified atom stereocenters. The lowest BCUT2D eigenvalue weighted by Gasteiger charge is -2.15. The van der Waals surface area contributed by atoms with E-state index in [9.17, 15) is 9.59 Å². The fraction of sp³-hybridized carbons (Fsp3) is 0.130. The quantitative estimate of drug-likeness (QED) is 0.614. The minimum absolute atomic E-state index is 0.243. The molecule has 0 aromatic heterocycles. The number of rotatable bonds is 7. The van der Waals surface area contributed by atoms with E-state index in [1.807, 2.05) is 0 Å². The van der Waals surface area contributed by atoms with Gasteiger partial charge in [0.25, 0.3) is 11.8 Å². The Balaban J connectivity index is 1.85. The van der Waals surface area contributed by atoms with Crippen LogP contribution in [-0.4, -0.2) is 33.1 Å². The Kier molecular flexibility index (Phi) is 6.54. The van der Waals surface area contributed by atoms with Crippen LogP contribution in [0.25, 0.3) is 0 Å². The van der Waals surface area contributed by atoms with Gasteiger partial charge >= 0.3 is 0 Å². The second kappa shape index (κ2) is 9.47. The molecule has 3 aromatic rings. The van der Waals surface area contributed by atoms with Gasteiger partial charge in [-0.05, 0) is 48.5 Å². The molecule has 0 bridgehead atoms. The maximum Gasteiger partial charge on any atom is 0.263 e. The molecular weight excluding hydrogens is 384 g/mol. The number of carbonyl (C=O) groups is 2. The van der Waals surface area contributed by atoms with E-state index in [0.717, 1.165) is 0 Å². The van der Waals surface area contributed by atoms with Crippen molar-refractivity contribution in [3.05, 3.63) is 77.9 Å². The summed E-state index contributed by atoms with van der Waals surface area (Å²) in [6.07, 6.45) is 0. The fourth-order valence-corrected chi connectivity index (χ4v) is 2.92. The highest BCUT2D eigenvalue weighted by Gasteiger charge is 2.20. The minimum Gasteiger partial charge on any atom is -0.497 e. The van der Waals surface area contributed by atoms with E-state index in [4.69, 9.17) is 14.2 Å². The molecule has 0 radical (unpaired) electrons. The highest BCUT2D eigenvalue weighted by atomic mass is 16.5. The molecule has 154 valence electrons. The van der Waals surface area contributed by atoms with E-state index < -0.39 is 5.91 Å². The van der Waals surface area contributed by atoms with Crippen molar-refractivity contribution in [2.75, 3.05) is 32.0 Å². The third kappa shape index (κ3) is 4.52. The van der Waals surface area contributed by atoms with Gasteiger partial charge in [-0.2, -0.15) is 0 Å². The van der Waals surface area contributed by atoms with Gasteiger partial charge in [-0.25, -0.2) is 0 Å². The zero-order chi connectivity index (χ0) is 21.5. The lowest BCUT2D eigenvalue weighted by Crippen LogP contribution is -2.19. The molecule has 0 saturated carbocycles. The first kappa shape index (κ1) is 20.7. The summed E-state index contributed by atoms with van der Waals surface area (Å²) in [5.41, 5.74) is 1.53. The number of anilines is 2.